The van der Waals surface area contributed by atoms with Crippen LogP contribution in [0.2, 0.25) is 0 Å². The molecular weight excluding hydrogens is 260 g/mol. The van der Waals surface area contributed by atoms with E-state index in [9.17, 15) is 14.4 Å². The van der Waals surface area contributed by atoms with Crippen molar-refractivity contribution in [1.82, 2.24) is 10.2 Å². The van der Waals surface area contributed by atoms with E-state index in [0.29, 0.717) is 13.1 Å². The summed E-state index contributed by atoms with van der Waals surface area (Å²) in [6.45, 7) is 2.38. The van der Waals surface area contributed by atoms with Crippen LogP contribution in [-0.2, 0) is 14.4 Å². The number of rotatable bonds is 7. The lowest BCUT2D eigenvalue weighted by Gasteiger charge is -2.29. The summed E-state index contributed by atoms with van der Waals surface area (Å²) in [7, 11) is 0. The van der Waals surface area contributed by atoms with Crippen LogP contribution in [0, 0.1) is 5.92 Å². The average molecular weight is 284 g/mol. The average Bonchev–Trinajstić information content (AvgIpc) is 2.42. The number of carbonyl (C=O) groups is 3. The van der Waals surface area contributed by atoms with Crippen LogP contribution < -0.4 is 5.32 Å². The molecule has 6 heteroatoms. The summed E-state index contributed by atoms with van der Waals surface area (Å²) in [5, 5.41) is 11.4. The van der Waals surface area contributed by atoms with Crippen LogP contribution >= 0.6 is 0 Å². The van der Waals surface area contributed by atoms with E-state index in [1.165, 1.54) is 13.3 Å². The minimum atomic E-state index is -0.911. The van der Waals surface area contributed by atoms with Crippen molar-refractivity contribution in [2.24, 2.45) is 5.92 Å². The highest BCUT2D eigenvalue weighted by atomic mass is 16.4. The van der Waals surface area contributed by atoms with Gasteiger partial charge < -0.3 is 15.3 Å². The van der Waals surface area contributed by atoms with Crippen molar-refractivity contribution < 1.29 is 19.5 Å². The van der Waals surface area contributed by atoms with E-state index in [2.05, 4.69) is 5.32 Å². The molecule has 1 saturated carbocycles. The lowest BCUT2D eigenvalue weighted by atomic mass is 9.88. The van der Waals surface area contributed by atoms with Gasteiger partial charge in [0.25, 0.3) is 0 Å². The molecule has 0 aromatic rings. The van der Waals surface area contributed by atoms with E-state index in [1.807, 2.05) is 0 Å². The largest absolute Gasteiger partial charge is 0.481 e. The highest BCUT2D eigenvalue weighted by molar-refractivity contribution is 5.79. The van der Waals surface area contributed by atoms with Crippen LogP contribution in [0.25, 0.3) is 0 Å². The Kier molecular flexibility index (Phi) is 7.04. The van der Waals surface area contributed by atoms with E-state index in [4.69, 9.17) is 5.11 Å². The third-order valence-corrected chi connectivity index (χ3v) is 3.62. The smallest absolute Gasteiger partial charge is 0.305 e. The Morgan fingerprint density at radius 2 is 1.80 bits per heavy atom. The van der Waals surface area contributed by atoms with Gasteiger partial charge in [-0.15, -0.1) is 0 Å². The van der Waals surface area contributed by atoms with E-state index in [1.54, 1.807) is 4.90 Å². The molecule has 0 atom stereocenters. The maximum Gasteiger partial charge on any atom is 0.305 e. The SMILES string of the molecule is CC(=O)NCCN(CCC(=O)O)C(=O)C1CCCCC1. The first-order valence-electron chi connectivity index (χ1n) is 7.25. The van der Waals surface area contributed by atoms with Gasteiger partial charge in [-0.25, -0.2) is 0 Å². The number of carboxylic acid groups (broad SMARTS) is 1. The molecule has 2 N–H and O–H groups in total. The second kappa shape index (κ2) is 8.55. The molecule has 0 aromatic carbocycles. The van der Waals surface area contributed by atoms with Crippen LogP contribution in [0.4, 0.5) is 0 Å². The van der Waals surface area contributed by atoms with E-state index in [0.717, 1.165) is 25.7 Å². The van der Waals surface area contributed by atoms with Gasteiger partial charge in [-0.1, -0.05) is 19.3 Å². The molecule has 2 amide bonds. The number of nitrogens with zero attached hydrogens (tertiary/aromatic N) is 1. The quantitative estimate of drug-likeness (QED) is 0.730. The summed E-state index contributed by atoms with van der Waals surface area (Å²) in [6, 6.07) is 0. The third kappa shape index (κ3) is 6.04. The van der Waals surface area contributed by atoms with Gasteiger partial charge in [0, 0.05) is 32.5 Å². The molecule has 0 heterocycles. The summed E-state index contributed by atoms with van der Waals surface area (Å²) in [5.74, 6) is -0.995. The van der Waals surface area contributed by atoms with Gasteiger partial charge in [0.2, 0.25) is 11.8 Å². The lowest BCUT2D eigenvalue weighted by molar-refractivity contribution is -0.140. The van der Waals surface area contributed by atoms with Crippen molar-refractivity contribution in [2.75, 3.05) is 19.6 Å². The Labute approximate surface area is 119 Å². The first-order chi connectivity index (χ1) is 9.50. The minimum absolute atomic E-state index is 0.0230. The van der Waals surface area contributed by atoms with Crippen molar-refractivity contribution in [3.05, 3.63) is 0 Å². The predicted molar refractivity (Wildman–Crippen MR) is 74.1 cm³/mol. The zero-order valence-corrected chi connectivity index (χ0v) is 12.1. The first-order valence-corrected chi connectivity index (χ1v) is 7.25. The standard InChI is InChI=1S/C14H24N2O4/c1-11(17)15-8-10-16(9-7-13(18)19)14(20)12-5-3-2-4-6-12/h12H,2-10H2,1H3,(H,15,17)(H,18,19). The van der Waals surface area contributed by atoms with Gasteiger partial charge in [-0.2, -0.15) is 0 Å². The van der Waals surface area contributed by atoms with Crippen LogP contribution in [0.3, 0.4) is 0 Å². The number of amides is 2. The van der Waals surface area contributed by atoms with Crippen molar-refractivity contribution in [2.45, 2.75) is 45.4 Å². The molecule has 0 saturated heterocycles. The molecule has 0 radical (unpaired) electrons. The molecule has 0 spiro atoms. The fraction of sp³-hybridized carbons (Fsp3) is 0.786. The molecule has 1 fully saturated rings. The lowest BCUT2D eigenvalue weighted by Crippen LogP contribution is -2.42. The molecule has 0 bridgehead atoms. The van der Waals surface area contributed by atoms with Crippen LogP contribution in [-0.4, -0.2) is 47.4 Å². The Hall–Kier alpha value is -1.59. The summed E-state index contributed by atoms with van der Waals surface area (Å²) in [5.41, 5.74) is 0. The molecule has 114 valence electrons. The predicted octanol–water partition coefficient (Wildman–Crippen LogP) is 1.01. The molecule has 0 aliphatic heterocycles. The van der Waals surface area contributed by atoms with Crippen molar-refractivity contribution >= 4 is 17.8 Å². The normalized spacial score (nSPS) is 15.7. The summed E-state index contributed by atoms with van der Waals surface area (Å²) >= 11 is 0. The molecular formula is C14H24N2O4. The number of hydrogen-bond donors (Lipinski definition) is 2. The van der Waals surface area contributed by atoms with Gasteiger partial charge in [0.1, 0.15) is 0 Å². The van der Waals surface area contributed by atoms with Crippen LogP contribution in [0.15, 0.2) is 0 Å². The third-order valence-electron chi connectivity index (χ3n) is 3.62. The molecule has 0 unspecified atom stereocenters. The van der Waals surface area contributed by atoms with Crippen molar-refractivity contribution in [3.63, 3.8) is 0 Å². The molecule has 0 aromatic heterocycles. The van der Waals surface area contributed by atoms with Gasteiger partial charge in [0.05, 0.1) is 6.42 Å². The Morgan fingerprint density at radius 1 is 1.15 bits per heavy atom. The fourth-order valence-corrected chi connectivity index (χ4v) is 2.54. The number of carbonyl (C=O) groups excluding carboxylic acids is 2. The molecule has 6 nitrogen and oxygen atoms in total. The zero-order valence-electron chi connectivity index (χ0n) is 12.1. The second-order valence-corrected chi connectivity index (χ2v) is 5.29. The summed E-state index contributed by atoms with van der Waals surface area (Å²) in [6.07, 6.45) is 5.03. The van der Waals surface area contributed by atoms with E-state index >= 15 is 0 Å². The number of hydrogen-bond acceptors (Lipinski definition) is 3. The topological polar surface area (TPSA) is 86.7 Å². The molecule has 1 aliphatic carbocycles. The fourth-order valence-electron chi connectivity index (χ4n) is 2.54. The van der Waals surface area contributed by atoms with Gasteiger partial charge >= 0.3 is 5.97 Å². The molecule has 1 aliphatic rings. The highest BCUT2D eigenvalue weighted by Gasteiger charge is 2.25. The Balaban J connectivity index is 2.51. The molecule has 20 heavy (non-hydrogen) atoms. The van der Waals surface area contributed by atoms with Crippen molar-refractivity contribution in [1.29, 1.82) is 0 Å². The van der Waals surface area contributed by atoms with Crippen molar-refractivity contribution in [3.8, 4) is 0 Å². The first kappa shape index (κ1) is 16.5. The van der Waals surface area contributed by atoms with E-state index in [-0.39, 0.29) is 30.7 Å². The maximum atomic E-state index is 12.4. The summed E-state index contributed by atoms with van der Waals surface area (Å²) in [4.78, 5) is 35.5. The van der Waals surface area contributed by atoms with Crippen LogP contribution in [0.5, 0.6) is 0 Å². The monoisotopic (exact) mass is 284 g/mol. The Morgan fingerprint density at radius 3 is 2.35 bits per heavy atom. The van der Waals surface area contributed by atoms with E-state index < -0.39 is 5.97 Å². The second-order valence-electron chi connectivity index (χ2n) is 5.29. The highest BCUT2D eigenvalue weighted by Crippen LogP contribution is 2.25. The number of aliphatic carboxylic acids is 1. The Bertz CT molecular complexity index is 351. The summed E-state index contributed by atoms with van der Waals surface area (Å²) < 4.78 is 0. The molecule has 1 rings (SSSR count). The van der Waals surface area contributed by atoms with Gasteiger partial charge in [-0.3, -0.25) is 14.4 Å². The van der Waals surface area contributed by atoms with Gasteiger partial charge in [0.15, 0.2) is 0 Å². The van der Waals surface area contributed by atoms with Crippen LogP contribution in [0.1, 0.15) is 45.4 Å². The number of carboxylic acids is 1. The zero-order chi connectivity index (χ0) is 15.0. The maximum absolute atomic E-state index is 12.4. The minimum Gasteiger partial charge on any atom is -0.481 e. The van der Waals surface area contributed by atoms with Gasteiger partial charge in [-0.05, 0) is 12.8 Å². The number of nitrogens with one attached hydrogen (secondary N) is 1.